The number of carboxylic acids is 2. The van der Waals surface area contributed by atoms with Crippen molar-refractivity contribution in [2.45, 2.75) is 0 Å². The minimum absolute atomic E-state index is 0. The molecular weight excluding hydrogens is 222 g/mol. The summed E-state index contributed by atoms with van der Waals surface area (Å²) in [5.41, 5.74) is -0.350. The number of benzene rings is 2. The topological polar surface area (TPSA) is 74.6 Å². The molecule has 0 atom stereocenters. The fraction of sp³-hybridized carbons (Fsp3) is 0. The maximum atomic E-state index is 11.1. The van der Waals surface area contributed by atoms with Gasteiger partial charge in [-0.15, -0.1) is 0 Å². The summed E-state index contributed by atoms with van der Waals surface area (Å²) in [5, 5.41) is 19.1. The average molecular weight is 232 g/mol. The molecule has 0 aliphatic carbocycles. The van der Waals surface area contributed by atoms with Gasteiger partial charge in [-0.3, -0.25) is 0 Å². The Hall–Kier alpha value is -1.17. The minimum atomic E-state index is -1.23. The number of aromatic carboxylic acids is 2. The summed E-state index contributed by atoms with van der Waals surface area (Å²) >= 11 is 0. The van der Waals surface area contributed by atoms with Crippen LogP contribution in [0.25, 0.3) is 10.8 Å². The van der Waals surface area contributed by atoms with Gasteiger partial charge in [0.05, 0.1) is 11.1 Å². The summed E-state index contributed by atoms with van der Waals surface area (Å²) in [6.07, 6.45) is 0. The maximum absolute atomic E-state index is 11.1. The molecule has 0 aliphatic heterocycles. The third-order valence-electron chi connectivity index (χ3n) is 2.37. The van der Waals surface area contributed by atoms with Crippen molar-refractivity contribution < 1.29 is 19.8 Å². The molecule has 0 aromatic heterocycles. The second-order valence-electron chi connectivity index (χ2n) is 3.32. The third kappa shape index (κ3) is 2.99. The van der Waals surface area contributed by atoms with Crippen LogP contribution in [-0.2, 0) is 0 Å². The predicted octanol–water partition coefficient (Wildman–Crippen LogP) is 0.939. The van der Waals surface area contributed by atoms with Gasteiger partial charge in [0.1, 0.15) is 0 Å². The first-order valence-electron chi connectivity index (χ1n) is 4.59. The summed E-state index contributed by atoms with van der Waals surface area (Å²) in [4.78, 5) is 22.0. The molecule has 2 N–H and O–H groups in total. The molecule has 0 saturated carbocycles. The van der Waals surface area contributed by atoms with Crippen LogP contribution in [-0.4, -0.2) is 59.9 Å². The molecule has 0 saturated heterocycles. The van der Waals surface area contributed by atoms with E-state index in [9.17, 15) is 9.59 Å². The van der Waals surface area contributed by atoms with Gasteiger partial charge < -0.3 is 10.2 Å². The molecular formula is C12H10Li2O4. The monoisotopic (exact) mass is 232 g/mol. The Labute approximate surface area is 127 Å². The second-order valence-corrected chi connectivity index (χ2v) is 3.32. The molecule has 2 aromatic carbocycles. The zero-order chi connectivity index (χ0) is 11.7. The van der Waals surface area contributed by atoms with Crippen LogP contribution < -0.4 is 0 Å². The number of rotatable bonds is 2. The van der Waals surface area contributed by atoms with Gasteiger partial charge in [0.25, 0.3) is 0 Å². The molecule has 0 heterocycles. The van der Waals surface area contributed by atoms with Crippen LogP contribution in [0.5, 0.6) is 0 Å². The van der Waals surface area contributed by atoms with Crippen molar-refractivity contribution in [2.24, 2.45) is 0 Å². The standard InChI is InChI=1S/C12H8O4.2Li.2H/c13-11(14)9-6-5-7-3-1-2-4-8(7)10(9)12(15)16;;;;/h1-6H,(H,13,14)(H,15,16);;;;. The van der Waals surface area contributed by atoms with Crippen LogP contribution in [0.4, 0.5) is 0 Å². The molecule has 2 aromatic rings. The molecule has 0 aliphatic rings. The van der Waals surface area contributed by atoms with E-state index >= 15 is 0 Å². The Kier molecular flexibility index (Phi) is 6.25. The summed E-state index contributed by atoms with van der Waals surface area (Å²) < 4.78 is 0. The first kappa shape index (κ1) is 16.8. The van der Waals surface area contributed by atoms with E-state index in [2.05, 4.69) is 0 Å². The van der Waals surface area contributed by atoms with Crippen molar-refractivity contribution in [2.75, 3.05) is 0 Å². The molecule has 2 rings (SSSR count). The molecule has 0 radical (unpaired) electrons. The molecule has 84 valence electrons. The van der Waals surface area contributed by atoms with Crippen molar-refractivity contribution in [3.05, 3.63) is 47.5 Å². The number of hydrogen-bond donors (Lipinski definition) is 2. The molecule has 0 spiro atoms. The van der Waals surface area contributed by atoms with Gasteiger partial charge in [-0.05, 0) is 16.8 Å². The van der Waals surface area contributed by atoms with Crippen LogP contribution in [0.2, 0.25) is 0 Å². The molecule has 0 bridgehead atoms. The zero-order valence-corrected chi connectivity index (χ0v) is 8.18. The van der Waals surface area contributed by atoms with E-state index in [-0.39, 0.29) is 48.8 Å². The SMILES string of the molecule is O=C(O)c1ccc2ccccc2c1C(=O)O.[LiH].[LiH]. The Morgan fingerprint density at radius 1 is 0.833 bits per heavy atom. The van der Waals surface area contributed by atoms with Gasteiger partial charge in [-0.2, -0.15) is 0 Å². The third-order valence-corrected chi connectivity index (χ3v) is 2.37. The van der Waals surface area contributed by atoms with Gasteiger partial charge in [0.15, 0.2) is 0 Å². The summed E-state index contributed by atoms with van der Waals surface area (Å²) in [5.74, 6) is -2.46. The first-order chi connectivity index (χ1) is 7.61. The van der Waals surface area contributed by atoms with Gasteiger partial charge in [0.2, 0.25) is 0 Å². The van der Waals surface area contributed by atoms with Gasteiger partial charge in [-0.1, -0.05) is 30.3 Å². The van der Waals surface area contributed by atoms with Gasteiger partial charge in [-0.25, -0.2) is 9.59 Å². The quantitative estimate of drug-likeness (QED) is 0.755. The Bertz CT molecular complexity index is 596. The zero-order valence-electron chi connectivity index (χ0n) is 8.18. The Morgan fingerprint density at radius 3 is 2.00 bits per heavy atom. The molecule has 6 heteroatoms. The van der Waals surface area contributed by atoms with Crippen LogP contribution in [0.3, 0.4) is 0 Å². The van der Waals surface area contributed by atoms with E-state index in [1.807, 2.05) is 0 Å². The van der Waals surface area contributed by atoms with E-state index in [4.69, 9.17) is 10.2 Å². The predicted molar refractivity (Wildman–Crippen MR) is 72.2 cm³/mol. The Morgan fingerprint density at radius 2 is 1.44 bits per heavy atom. The van der Waals surface area contributed by atoms with Crippen LogP contribution in [0.15, 0.2) is 36.4 Å². The van der Waals surface area contributed by atoms with Crippen molar-refractivity contribution in [3.63, 3.8) is 0 Å². The number of carbonyl (C=O) groups is 2. The molecule has 0 fully saturated rings. The van der Waals surface area contributed by atoms with Crippen molar-refractivity contribution in [3.8, 4) is 0 Å². The van der Waals surface area contributed by atoms with E-state index in [0.717, 1.165) is 0 Å². The summed E-state index contributed by atoms with van der Waals surface area (Å²) in [7, 11) is 0. The van der Waals surface area contributed by atoms with E-state index < -0.39 is 11.9 Å². The fourth-order valence-electron chi connectivity index (χ4n) is 1.68. The van der Waals surface area contributed by atoms with E-state index in [1.165, 1.54) is 6.07 Å². The fourth-order valence-corrected chi connectivity index (χ4v) is 1.68. The molecule has 4 nitrogen and oxygen atoms in total. The normalized spacial score (nSPS) is 9.11. The Balaban J connectivity index is 0.00000144. The second kappa shape index (κ2) is 6.68. The van der Waals surface area contributed by atoms with Crippen LogP contribution in [0, 0.1) is 0 Å². The number of hydrogen-bond acceptors (Lipinski definition) is 2. The van der Waals surface area contributed by atoms with Crippen molar-refractivity contribution in [1.29, 1.82) is 0 Å². The summed E-state index contributed by atoms with van der Waals surface area (Å²) in [6.45, 7) is 0. The first-order valence-corrected chi connectivity index (χ1v) is 4.59. The van der Waals surface area contributed by atoms with Crippen molar-refractivity contribution in [1.82, 2.24) is 0 Å². The van der Waals surface area contributed by atoms with Crippen LogP contribution in [0.1, 0.15) is 20.7 Å². The van der Waals surface area contributed by atoms with Crippen molar-refractivity contribution >= 4 is 60.4 Å². The van der Waals surface area contributed by atoms with Gasteiger partial charge in [0, 0.05) is 0 Å². The number of carboxylic acid groups (broad SMARTS) is 2. The van der Waals surface area contributed by atoms with Gasteiger partial charge >= 0.3 is 49.7 Å². The van der Waals surface area contributed by atoms with E-state index in [0.29, 0.717) is 10.8 Å². The molecule has 0 amide bonds. The van der Waals surface area contributed by atoms with E-state index in [1.54, 1.807) is 30.3 Å². The molecule has 18 heavy (non-hydrogen) atoms. The average Bonchev–Trinajstić information content (AvgIpc) is 2.27. The number of fused-ring (bicyclic) bond motifs is 1. The summed E-state index contributed by atoms with van der Waals surface area (Å²) in [6, 6.07) is 9.72. The molecule has 0 unspecified atom stereocenters. The van der Waals surface area contributed by atoms with Crippen LogP contribution >= 0.6 is 0 Å².